The summed E-state index contributed by atoms with van der Waals surface area (Å²) in [6.45, 7) is 5.49. The van der Waals surface area contributed by atoms with Gasteiger partial charge in [-0.15, -0.1) is 0 Å². The largest absolute Gasteiger partial charge is 0.478 e. The third-order valence-electron chi connectivity index (χ3n) is 4.26. The first-order chi connectivity index (χ1) is 10.2. The van der Waals surface area contributed by atoms with E-state index in [-0.39, 0.29) is 18.2 Å². The molecule has 1 aliphatic heterocycles. The number of anilines is 1. The van der Waals surface area contributed by atoms with Crippen LogP contribution in [0.1, 0.15) is 31.9 Å². The molecule has 1 aliphatic carbocycles. The highest BCUT2D eigenvalue weighted by atomic mass is 16.5. The van der Waals surface area contributed by atoms with Crippen LogP contribution in [0.5, 0.6) is 5.88 Å². The van der Waals surface area contributed by atoms with Gasteiger partial charge in [-0.3, -0.25) is 0 Å². The van der Waals surface area contributed by atoms with Gasteiger partial charge in [0.1, 0.15) is 0 Å². The van der Waals surface area contributed by atoms with Crippen molar-refractivity contribution in [2.24, 2.45) is 11.7 Å². The van der Waals surface area contributed by atoms with Gasteiger partial charge in [0.05, 0.1) is 18.8 Å². The average molecular weight is 292 g/mol. The first-order valence-electron chi connectivity index (χ1n) is 7.81. The SMILES string of the molecule is CCCOc1cc(C)nc(NC2C(N)C3CCCOC32)n1. The van der Waals surface area contributed by atoms with E-state index in [4.69, 9.17) is 15.2 Å². The summed E-state index contributed by atoms with van der Waals surface area (Å²) in [4.78, 5) is 8.83. The zero-order valence-electron chi connectivity index (χ0n) is 12.7. The monoisotopic (exact) mass is 292 g/mol. The number of aryl methyl sites for hydroxylation is 1. The molecule has 3 N–H and O–H groups in total. The molecule has 1 aromatic heterocycles. The highest BCUT2D eigenvalue weighted by Gasteiger charge is 2.50. The number of nitrogens with two attached hydrogens (primary N) is 1. The predicted octanol–water partition coefficient (Wildman–Crippen LogP) is 1.49. The van der Waals surface area contributed by atoms with Crippen LogP contribution in [0.15, 0.2) is 6.07 Å². The van der Waals surface area contributed by atoms with Crippen LogP contribution in [0.4, 0.5) is 5.95 Å². The number of ether oxygens (including phenoxy) is 2. The van der Waals surface area contributed by atoms with E-state index in [9.17, 15) is 0 Å². The van der Waals surface area contributed by atoms with Crippen LogP contribution < -0.4 is 15.8 Å². The smallest absolute Gasteiger partial charge is 0.226 e. The Bertz CT molecular complexity index is 497. The zero-order valence-corrected chi connectivity index (χ0v) is 12.7. The fraction of sp³-hybridized carbons (Fsp3) is 0.733. The van der Waals surface area contributed by atoms with E-state index in [2.05, 4.69) is 22.2 Å². The Morgan fingerprint density at radius 3 is 3.14 bits per heavy atom. The van der Waals surface area contributed by atoms with Crippen LogP contribution in [0.3, 0.4) is 0 Å². The number of nitrogens with one attached hydrogen (secondary N) is 1. The molecule has 21 heavy (non-hydrogen) atoms. The normalized spacial score (nSPS) is 31.2. The van der Waals surface area contributed by atoms with E-state index in [1.807, 2.05) is 13.0 Å². The van der Waals surface area contributed by atoms with E-state index in [0.29, 0.717) is 24.4 Å². The molecule has 0 aromatic carbocycles. The fourth-order valence-electron chi connectivity index (χ4n) is 3.16. The lowest BCUT2D eigenvalue weighted by molar-refractivity contribution is -0.104. The van der Waals surface area contributed by atoms with Crippen LogP contribution in [-0.2, 0) is 4.74 Å². The van der Waals surface area contributed by atoms with Gasteiger partial charge in [0.25, 0.3) is 0 Å². The quantitative estimate of drug-likeness (QED) is 0.855. The Morgan fingerprint density at radius 2 is 2.33 bits per heavy atom. The minimum Gasteiger partial charge on any atom is -0.478 e. The van der Waals surface area contributed by atoms with Crippen molar-refractivity contribution in [3.05, 3.63) is 11.8 Å². The molecule has 0 bridgehead atoms. The number of nitrogens with zero attached hydrogens (tertiary/aromatic N) is 2. The van der Waals surface area contributed by atoms with Crippen molar-refractivity contribution in [3.8, 4) is 5.88 Å². The Balaban J connectivity index is 1.68. The summed E-state index contributed by atoms with van der Waals surface area (Å²) in [6, 6.07) is 2.05. The maximum Gasteiger partial charge on any atom is 0.226 e. The van der Waals surface area contributed by atoms with Crippen molar-refractivity contribution in [1.29, 1.82) is 0 Å². The number of rotatable bonds is 5. The zero-order chi connectivity index (χ0) is 14.8. The minimum atomic E-state index is 0.0936. The lowest BCUT2D eigenvalue weighted by atomic mass is 9.69. The first kappa shape index (κ1) is 14.5. The van der Waals surface area contributed by atoms with Crippen molar-refractivity contribution in [3.63, 3.8) is 0 Å². The molecule has 0 amide bonds. The van der Waals surface area contributed by atoms with Crippen LogP contribution in [0.25, 0.3) is 0 Å². The molecule has 1 saturated heterocycles. The van der Waals surface area contributed by atoms with Crippen LogP contribution in [-0.4, -0.2) is 41.4 Å². The van der Waals surface area contributed by atoms with Gasteiger partial charge in [0.2, 0.25) is 11.8 Å². The van der Waals surface area contributed by atoms with Crippen molar-refractivity contribution < 1.29 is 9.47 Å². The Kier molecular flexibility index (Phi) is 4.26. The van der Waals surface area contributed by atoms with E-state index >= 15 is 0 Å². The third-order valence-corrected chi connectivity index (χ3v) is 4.26. The molecule has 2 heterocycles. The summed E-state index contributed by atoms with van der Waals surface area (Å²) in [6.07, 6.45) is 3.41. The molecule has 0 radical (unpaired) electrons. The average Bonchev–Trinajstić information content (AvgIpc) is 2.50. The molecule has 4 atom stereocenters. The van der Waals surface area contributed by atoms with E-state index in [1.165, 1.54) is 0 Å². The highest BCUT2D eigenvalue weighted by Crippen LogP contribution is 2.38. The summed E-state index contributed by atoms with van der Waals surface area (Å²) in [5, 5.41) is 3.33. The molecule has 1 aromatic rings. The molecule has 3 rings (SSSR count). The van der Waals surface area contributed by atoms with Gasteiger partial charge in [-0.2, -0.15) is 4.98 Å². The highest BCUT2D eigenvalue weighted by molar-refractivity contribution is 5.35. The number of hydrogen-bond donors (Lipinski definition) is 2. The van der Waals surface area contributed by atoms with Gasteiger partial charge in [-0.25, -0.2) is 4.98 Å². The summed E-state index contributed by atoms with van der Waals surface area (Å²) in [5.74, 6) is 1.66. The van der Waals surface area contributed by atoms with Crippen LogP contribution in [0.2, 0.25) is 0 Å². The van der Waals surface area contributed by atoms with Gasteiger partial charge < -0.3 is 20.5 Å². The molecule has 6 heteroatoms. The lowest BCUT2D eigenvalue weighted by Crippen LogP contribution is -2.69. The summed E-state index contributed by atoms with van der Waals surface area (Å²) in [5.41, 5.74) is 7.13. The van der Waals surface area contributed by atoms with E-state index in [1.54, 1.807) is 0 Å². The number of hydrogen-bond acceptors (Lipinski definition) is 6. The van der Waals surface area contributed by atoms with Gasteiger partial charge in [0, 0.05) is 30.3 Å². The fourth-order valence-corrected chi connectivity index (χ4v) is 3.16. The van der Waals surface area contributed by atoms with Gasteiger partial charge in [0.15, 0.2) is 0 Å². The van der Waals surface area contributed by atoms with Crippen LogP contribution >= 0.6 is 0 Å². The first-order valence-corrected chi connectivity index (χ1v) is 7.81. The van der Waals surface area contributed by atoms with Gasteiger partial charge in [-0.05, 0) is 26.2 Å². The minimum absolute atomic E-state index is 0.0936. The molecular weight excluding hydrogens is 268 g/mol. The second-order valence-electron chi connectivity index (χ2n) is 5.91. The van der Waals surface area contributed by atoms with E-state index in [0.717, 1.165) is 31.6 Å². The molecule has 2 fully saturated rings. The van der Waals surface area contributed by atoms with E-state index < -0.39 is 0 Å². The molecule has 0 spiro atoms. The maximum absolute atomic E-state index is 6.25. The molecule has 4 unspecified atom stereocenters. The van der Waals surface area contributed by atoms with Crippen molar-refractivity contribution in [2.45, 2.75) is 51.3 Å². The van der Waals surface area contributed by atoms with Crippen molar-refractivity contribution >= 4 is 5.95 Å². The summed E-state index contributed by atoms with van der Waals surface area (Å²) in [7, 11) is 0. The van der Waals surface area contributed by atoms with Crippen LogP contribution in [0, 0.1) is 12.8 Å². The summed E-state index contributed by atoms with van der Waals surface area (Å²) < 4.78 is 11.4. The molecule has 1 saturated carbocycles. The second kappa shape index (κ2) is 6.15. The molecule has 6 nitrogen and oxygen atoms in total. The molecular formula is C15H24N4O2. The second-order valence-corrected chi connectivity index (χ2v) is 5.91. The number of fused-ring (bicyclic) bond motifs is 1. The molecule has 116 valence electrons. The standard InChI is InChI=1S/C15H24N4O2/c1-3-6-20-11-8-9(2)17-15(18-11)19-13-12(16)10-5-4-7-21-14(10)13/h8,10,12-14H,3-7,16H2,1-2H3,(H,17,18,19). The van der Waals surface area contributed by atoms with Crippen molar-refractivity contribution in [1.82, 2.24) is 9.97 Å². The third kappa shape index (κ3) is 2.96. The van der Waals surface area contributed by atoms with Gasteiger partial charge in [-0.1, -0.05) is 6.92 Å². The Morgan fingerprint density at radius 1 is 1.48 bits per heavy atom. The Labute approximate surface area is 125 Å². The van der Waals surface area contributed by atoms with Crippen molar-refractivity contribution in [2.75, 3.05) is 18.5 Å². The lowest BCUT2D eigenvalue weighted by Gasteiger charge is -2.52. The Hall–Kier alpha value is -1.40. The maximum atomic E-state index is 6.25. The summed E-state index contributed by atoms with van der Waals surface area (Å²) >= 11 is 0. The number of aromatic nitrogens is 2. The molecule has 2 aliphatic rings. The predicted molar refractivity (Wildman–Crippen MR) is 80.4 cm³/mol. The topological polar surface area (TPSA) is 82.3 Å². The van der Waals surface area contributed by atoms with Gasteiger partial charge >= 0.3 is 0 Å².